The Morgan fingerprint density at radius 1 is 0.769 bits per heavy atom. The molecule has 0 fully saturated rings. The molecule has 7 heteroatoms. The molecule has 0 aliphatic carbocycles. The first-order valence-corrected chi connectivity index (χ1v) is 7.62. The lowest BCUT2D eigenvalue weighted by Gasteiger charge is -2.11. The van der Waals surface area contributed by atoms with E-state index in [0.29, 0.717) is 5.69 Å². The van der Waals surface area contributed by atoms with E-state index < -0.39 is 23.6 Å². The summed E-state index contributed by atoms with van der Waals surface area (Å²) in [6.07, 6.45) is -4.54. The summed E-state index contributed by atoms with van der Waals surface area (Å²) in [7, 11) is 0. The fraction of sp³-hybridized carbons (Fsp3) is 0.0526. The number of alkyl halides is 3. The van der Waals surface area contributed by atoms with Gasteiger partial charge in [0.05, 0.1) is 5.56 Å². The van der Waals surface area contributed by atoms with E-state index in [0.717, 1.165) is 29.0 Å². The molecule has 0 bridgehead atoms. The zero-order chi connectivity index (χ0) is 18.7. The molecule has 0 aliphatic heterocycles. The van der Waals surface area contributed by atoms with Crippen LogP contribution in [0, 0.1) is 0 Å². The van der Waals surface area contributed by atoms with Crippen LogP contribution in [0.3, 0.4) is 0 Å². The summed E-state index contributed by atoms with van der Waals surface area (Å²) in [4.78, 5) is 24.1. The molecule has 0 heterocycles. The Morgan fingerprint density at radius 2 is 1.42 bits per heavy atom. The van der Waals surface area contributed by atoms with Gasteiger partial charge in [-0.05, 0) is 29.7 Å². The number of halogens is 3. The minimum Gasteiger partial charge on any atom is -0.318 e. The zero-order valence-corrected chi connectivity index (χ0v) is 13.3. The smallest absolute Gasteiger partial charge is 0.318 e. The normalized spacial score (nSPS) is 11.2. The van der Waals surface area contributed by atoms with Crippen LogP contribution in [0.15, 0.2) is 66.7 Å². The molecule has 0 spiro atoms. The lowest BCUT2D eigenvalue weighted by atomic mass is 10.1. The molecule has 0 aromatic heterocycles. The predicted octanol–water partition coefficient (Wildman–Crippen LogP) is 4.44. The Balaban J connectivity index is 1.75. The van der Waals surface area contributed by atoms with Gasteiger partial charge >= 0.3 is 18.0 Å². The second kappa shape index (κ2) is 6.87. The minimum atomic E-state index is -4.54. The Morgan fingerprint density at radius 3 is 2.19 bits per heavy atom. The lowest BCUT2D eigenvalue weighted by molar-refractivity contribution is -0.137. The molecule has 26 heavy (non-hydrogen) atoms. The Bertz CT molecular complexity index is 978. The first-order chi connectivity index (χ1) is 12.3. The molecule has 0 atom stereocenters. The topological polar surface area (TPSA) is 58.2 Å². The molecule has 132 valence electrons. The number of nitrogens with one attached hydrogen (secondary N) is 2. The monoisotopic (exact) mass is 358 g/mol. The van der Waals surface area contributed by atoms with E-state index in [4.69, 9.17) is 0 Å². The number of hydrogen-bond donors (Lipinski definition) is 2. The molecule has 0 saturated carbocycles. The maximum Gasteiger partial charge on any atom is 0.416 e. The number of carbonyl (C=O) groups is 2. The van der Waals surface area contributed by atoms with Crippen molar-refractivity contribution in [3.63, 3.8) is 0 Å². The first kappa shape index (κ1) is 17.5. The number of rotatable bonds is 2. The van der Waals surface area contributed by atoms with Crippen LogP contribution < -0.4 is 10.6 Å². The number of anilines is 2. The maximum atomic E-state index is 12.7. The van der Waals surface area contributed by atoms with Crippen LogP contribution in [0.5, 0.6) is 0 Å². The van der Waals surface area contributed by atoms with Crippen molar-refractivity contribution in [3.8, 4) is 0 Å². The summed E-state index contributed by atoms with van der Waals surface area (Å²) >= 11 is 0. The molecule has 0 unspecified atom stereocenters. The van der Waals surface area contributed by atoms with E-state index in [1.165, 1.54) is 6.07 Å². The Hall–Kier alpha value is -3.35. The van der Waals surface area contributed by atoms with Gasteiger partial charge in [-0.1, -0.05) is 42.5 Å². The van der Waals surface area contributed by atoms with Crippen LogP contribution in [-0.2, 0) is 15.8 Å². The molecular formula is C19H13F3N2O2. The van der Waals surface area contributed by atoms with Gasteiger partial charge in [-0.3, -0.25) is 9.59 Å². The third kappa shape index (κ3) is 3.83. The number of amides is 2. The summed E-state index contributed by atoms with van der Waals surface area (Å²) in [5.74, 6) is -2.03. The Kier molecular flexibility index (Phi) is 4.62. The average Bonchev–Trinajstić information content (AvgIpc) is 2.61. The van der Waals surface area contributed by atoms with Gasteiger partial charge in [-0.2, -0.15) is 13.2 Å². The van der Waals surface area contributed by atoms with E-state index in [9.17, 15) is 22.8 Å². The number of carbonyl (C=O) groups excluding carboxylic acids is 2. The zero-order valence-electron chi connectivity index (χ0n) is 13.3. The molecule has 0 saturated heterocycles. The van der Waals surface area contributed by atoms with Crippen molar-refractivity contribution in [2.24, 2.45) is 0 Å². The van der Waals surface area contributed by atoms with Gasteiger partial charge in [0.25, 0.3) is 0 Å². The summed E-state index contributed by atoms with van der Waals surface area (Å²) in [6.45, 7) is 0. The third-order valence-electron chi connectivity index (χ3n) is 3.69. The number of hydrogen-bond acceptors (Lipinski definition) is 2. The third-order valence-corrected chi connectivity index (χ3v) is 3.69. The van der Waals surface area contributed by atoms with Crippen LogP contribution in [0.4, 0.5) is 24.5 Å². The Labute approximate surface area is 146 Å². The summed E-state index contributed by atoms with van der Waals surface area (Å²) in [5, 5.41) is 6.27. The summed E-state index contributed by atoms with van der Waals surface area (Å²) < 4.78 is 38.1. The highest BCUT2D eigenvalue weighted by Gasteiger charge is 2.30. The van der Waals surface area contributed by atoms with Gasteiger partial charge in [-0.15, -0.1) is 0 Å². The molecule has 3 aromatic rings. The molecule has 0 aliphatic rings. The van der Waals surface area contributed by atoms with Crippen molar-refractivity contribution in [2.75, 3.05) is 10.6 Å². The molecule has 3 rings (SSSR count). The molecule has 4 nitrogen and oxygen atoms in total. The van der Waals surface area contributed by atoms with Crippen LogP contribution in [0.2, 0.25) is 0 Å². The lowest BCUT2D eigenvalue weighted by Crippen LogP contribution is -2.29. The maximum absolute atomic E-state index is 12.7. The van der Waals surface area contributed by atoms with Crippen molar-refractivity contribution < 1.29 is 22.8 Å². The highest BCUT2D eigenvalue weighted by Crippen LogP contribution is 2.30. The van der Waals surface area contributed by atoms with E-state index in [1.807, 2.05) is 18.2 Å². The highest BCUT2D eigenvalue weighted by molar-refractivity contribution is 6.44. The van der Waals surface area contributed by atoms with Crippen LogP contribution >= 0.6 is 0 Å². The van der Waals surface area contributed by atoms with E-state index in [-0.39, 0.29) is 5.69 Å². The quantitative estimate of drug-likeness (QED) is 0.666. The molecule has 0 radical (unpaired) electrons. The highest BCUT2D eigenvalue weighted by atomic mass is 19.4. The second-order valence-corrected chi connectivity index (χ2v) is 5.51. The summed E-state index contributed by atoms with van der Waals surface area (Å²) in [5.41, 5.74) is -0.588. The number of fused-ring (bicyclic) bond motifs is 1. The van der Waals surface area contributed by atoms with Gasteiger partial charge in [0, 0.05) is 16.8 Å². The fourth-order valence-electron chi connectivity index (χ4n) is 2.47. The molecule has 2 amide bonds. The van der Waals surface area contributed by atoms with Crippen molar-refractivity contribution in [2.45, 2.75) is 6.18 Å². The predicted molar refractivity (Wildman–Crippen MR) is 92.7 cm³/mol. The largest absolute Gasteiger partial charge is 0.416 e. The van der Waals surface area contributed by atoms with Gasteiger partial charge < -0.3 is 10.6 Å². The van der Waals surface area contributed by atoms with Gasteiger partial charge in [0.15, 0.2) is 0 Å². The van der Waals surface area contributed by atoms with Crippen molar-refractivity contribution >= 4 is 34.0 Å². The van der Waals surface area contributed by atoms with Gasteiger partial charge in [0.1, 0.15) is 0 Å². The minimum absolute atomic E-state index is 0.113. The average molecular weight is 358 g/mol. The van der Waals surface area contributed by atoms with Crippen molar-refractivity contribution in [1.82, 2.24) is 0 Å². The van der Waals surface area contributed by atoms with Gasteiger partial charge in [0.2, 0.25) is 0 Å². The van der Waals surface area contributed by atoms with E-state index in [2.05, 4.69) is 10.6 Å². The SMILES string of the molecule is O=C(Nc1cccc(C(F)(F)F)c1)C(=O)Nc1cccc2ccccc12. The second-order valence-electron chi connectivity index (χ2n) is 5.51. The van der Waals surface area contributed by atoms with Gasteiger partial charge in [-0.25, -0.2) is 0 Å². The van der Waals surface area contributed by atoms with Crippen LogP contribution in [-0.4, -0.2) is 11.8 Å². The first-order valence-electron chi connectivity index (χ1n) is 7.62. The summed E-state index contributed by atoms with van der Waals surface area (Å²) in [6, 6.07) is 16.6. The van der Waals surface area contributed by atoms with Crippen LogP contribution in [0.25, 0.3) is 10.8 Å². The van der Waals surface area contributed by atoms with E-state index in [1.54, 1.807) is 24.3 Å². The standard InChI is InChI=1S/C19H13F3N2O2/c20-19(21,22)13-7-4-8-14(11-13)23-17(25)18(26)24-16-10-3-6-12-5-1-2-9-15(12)16/h1-11H,(H,23,25)(H,24,26). The van der Waals surface area contributed by atoms with Crippen LogP contribution in [0.1, 0.15) is 5.56 Å². The number of benzene rings is 3. The fourth-order valence-corrected chi connectivity index (χ4v) is 2.47. The molecule has 3 aromatic carbocycles. The van der Waals surface area contributed by atoms with Crippen molar-refractivity contribution in [3.05, 3.63) is 72.3 Å². The molecule has 2 N–H and O–H groups in total. The van der Waals surface area contributed by atoms with Crippen molar-refractivity contribution in [1.29, 1.82) is 0 Å². The van der Waals surface area contributed by atoms with E-state index >= 15 is 0 Å². The molecular weight excluding hydrogens is 345 g/mol.